The number of rotatable bonds is 2. The predicted molar refractivity (Wildman–Crippen MR) is 71.7 cm³/mol. The third-order valence-corrected chi connectivity index (χ3v) is 3.34. The van der Waals surface area contributed by atoms with Crippen LogP contribution in [0.25, 0.3) is 0 Å². The SMILES string of the molecule is C[C@@H]1S/C(=N/N=Cc2ccc(Cl)cc2)NC1=O. The number of halogens is 1. The fraction of sp³-hybridized carbons (Fsp3) is 0.182. The second kappa shape index (κ2) is 5.33. The predicted octanol–water partition coefficient (Wildman–Crippen LogP) is 2.28. The Balaban J connectivity index is 2.00. The molecule has 1 heterocycles. The maximum Gasteiger partial charge on any atom is 0.239 e. The highest BCUT2D eigenvalue weighted by molar-refractivity contribution is 8.15. The summed E-state index contributed by atoms with van der Waals surface area (Å²) in [6, 6.07) is 7.25. The van der Waals surface area contributed by atoms with E-state index in [1.807, 2.05) is 19.1 Å². The second-order valence-corrected chi connectivity index (χ2v) is 5.22. The number of hydrogen-bond donors (Lipinski definition) is 1. The molecule has 1 aliphatic heterocycles. The van der Waals surface area contributed by atoms with Crippen LogP contribution in [0.2, 0.25) is 5.02 Å². The monoisotopic (exact) mass is 267 g/mol. The van der Waals surface area contributed by atoms with Gasteiger partial charge in [-0.1, -0.05) is 35.5 Å². The quantitative estimate of drug-likeness (QED) is 0.660. The van der Waals surface area contributed by atoms with Gasteiger partial charge in [0, 0.05) is 5.02 Å². The molecule has 0 bridgehead atoms. The molecule has 0 aliphatic carbocycles. The molecule has 0 aromatic heterocycles. The van der Waals surface area contributed by atoms with Crippen molar-refractivity contribution in [3.8, 4) is 0 Å². The smallest absolute Gasteiger partial charge is 0.239 e. The number of hydrogen-bond acceptors (Lipinski definition) is 4. The highest BCUT2D eigenvalue weighted by Crippen LogP contribution is 2.18. The van der Waals surface area contributed by atoms with E-state index in [4.69, 9.17) is 11.6 Å². The molecular formula is C11H10ClN3OS. The van der Waals surface area contributed by atoms with E-state index in [9.17, 15) is 4.79 Å². The molecule has 1 N–H and O–H groups in total. The van der Waals surface area contributed by atoms with E-state index in [2.05, 4.69) is 15.5 Å². The number of thioether (sulfide) groups is 1. The van der Waals surface area contributed by atoms with Crippen molar-refractivity contribution in [1.29, 1.82) is 0 Å². The lowest BCUT2D eigenvalue weighted by molar-refractivity contribution is -0.118. The normalized spacial score (nSPS) is 22.4. The Hall–Kier alpha value is -1.33. The molecule has 1 aromatic carbocycles. The summed E-state index contributed by atoms with van der Waals surface area (Å²) in [5, 5.41) is 11.6. The maximum absolute atomic E-state index is 11.2. The molecule has 88 valence electrons. The maximum atomic E-state index is 11.2. The molecule has 0 saturated carbocycles. The summed E-state index contributed by atoms with van der Waals surface area (Å²) in [6.07, 6.45) is 1.61. The molecule has 1 atom stereocenters. The van der Waals surface area contributed by atoms with Gasteiger partial charge in [-0.2, -0.15) is 5.10 Å². The summed E-state index contributed by atoms with van der Waals surface area (Å²) < 4.78 is 0. The third kappa shape index (κ3) is 3.31. The highest BCUT2D eigenvalue weighted by atomic mass is 35.5. The molecule has 0 spiro atoms. The standard InChI is InChI=1S/C11H10ClN3OS/c1-7-10(16)14-11(17-7)15-13-6-8-2-4-9(12)5-3-8/h2-7H,1H3,(H,14,15,16)/t7-/m0/s1. The number of nitrogens with zero attached hydrogens (tertiary/aromatic N) is 2. The van der Waals surface area contributed by atoms with E-state index < -0.39 is 0 Å². The van der Waals surface area contributed by atoms with E-state index in [1.165, 1.54) is 11.8 Å². The van der Waals surface area contributed by atoms with Gasteiger partial charge >= 0.3 is 0 Å². The molecule has 1 aliphatic rings. The molecule has 4 nitrogen and oxygen atoms in total. The molecule has 1 amide bonds. The van der Waals surface area contributed by atoms with Crippen LogP contribution >= 0.6 is 23.4 Å². The Bertz CT molecular complexity index is 484. The van der Waals surface area contributed by atoms with Crippen LogP contribution in [-0.4, -0.2) is 22.5 Å². The Labute approximate surface area is 108 Å². The minimum atomic E-state index is -0.0977. The van der Waals surface area contributed by atoms with Gasteiger partial charge in [-0.3, -0.25) is 4.79 Å². The molecule has 6 heteroatoms. The first-order valence-electron chi connectivity index (χ1n) is 4.99. The second-order valence-electron chi connectivity index (χ2n) is 3.45. The molecule has 2 rings (SSSR count). The van der Waals surface area contributed by atoms with Crippen LogP contribution in [-0.2, 0) is 4.79 Å². The lowest BCUT2D eigenvalue weighted by Gasteiger charge is -1.92. The van der Waals surface area contributed by atoms with E-state index in [1.54, 1.807) is 18.3 Å². The Morgan fingerprint density at radius 3 is 2.71 bits per heavy atom. The Kier molecular flexibility index (Phi) is 3.81. The fourth-order valence-corrected chi connectivity index (χ4v) is 2.08. The summed E-state index contributed by atoms with van der Waals surface area (Å²) in [6.45, 7) is 1.82. The first-order valence-corrected chi connectivity index (χ1v) is 6.25. The van der Waals surface area contributed by atoms with Crippen LogP contribution < -0.4 is 5.32 Å². The minimum absolute atomic E-state index is 0.0320. The molecule has 1 saturated heterocycles. The number of amidine groups is 1. The third-order valence-electron chi connectivity index (χ3n) is 2.11. The fourth-order valence-electron chi connectivity index (χ4n) is 1.20. The zero-order valence-corrected chi connectivity index (χ0v) is 10.6. The molecule has 17 heavy (non-hydrogen) atoms. The Morgan fingerprint density at radius 2 is 2.12 bits per heavy atom. The average molecular weight is 268 g/mol. The first kappa shape index (κ1) is 12.1. The lowest BCUT2D eigenvalue weighted by Crippen LogP contribution is -2.23. The van der Waals surface area contributed by atoms with Gasteiger partial charge in [-0.25, -0.2) is 0 Å². The molecule has 0 radical (unpaired) electrons. The van der Waals surface area contributed by atoms with Crippen molar-refractivity contribution in [2.75, 3.05) is 0 Å². The summed E-state index contributed by atoms with van der Waals surface area (Å²) in [5.74, 6) is -0.0320. The van der Waals surface area contributed by atoms with Gasteiger partial charge in [0.25, 0.3) is 0 Å². The van der Waals surface area contributed by atoms with Crippen LogP contribution in [0.5, 0.6) is 0 Å². The van der Waals surface area contributed by atoms with Gasteiger partial charge in [0.2, 0.25) is 5.91 Å². The van der Waals surface area contributed by atoms with E-state index >= 15 is 0 Å². The van der Waals surface area contributed by atoms with Crippen molar-refractivity contribution in [3.05, 3.63) is 34.9 Å². The number of benzene rings is 1. The summed E-state index contributed by atoms with van der Waals surface area (Å²) in [4.78, 5) is 11.2. The summed E-state index contributed by atoms with van der Waals surface area (Å²) in [7, 11) is 0. The number of amides is 1. The topological polar surface area (TPSA) is 53.8 Å². The molecule has 1 aromatic rings. The minimum Gasteiger partial charge on any atom is -0.303 e. The van der Waals surface area contributed by atoms with Crippen molar-refractivity contribution < 1.29 is 4.79 Å². The molecular weight excluding hydrogens is 258 g/mol. The van der Waals surface area contributed by atoms with Crippen molar-refractivity contribution in [1.82, 2.24) is 5.32 Å². The zero-order valence-electron chi connectivity index (χ0n) is 9.05. The van der Waals surface area contributed by atoms with E-state index in [0.29, 0.717) is 10.2 Å². The van der Waals surface area contributed by atoms with Gasteiger partial charge in [0.05, 0.1) is 11.5 Å². The average Bonchev–Trinajstić information content (AvgIpc) is 2.61. The number of carbonyl (C=O) groups is 1. The van der Waals surface area contributed by atoms with Gasteiger partial charge in [0.15, 0.2) is 5.17 Å². The van der Waals surface area contributed by atoms with E-state index in [0.717, 1.165) is 5.56 Å². The largest absolute Gasteiger partial charge is 0.303 e. The molecule has 1 fully saturated rings. The van der Waals surface area contributed by atoms with Crippen molar-refractivity contribution >= 4 is 40.7 Å². The summed E-state index contributed by atoms with van der Waals surface area (Å²) >= 11 is 7.12. The van der Waals surface area contributed by atoms with Crippen molar-refractivity contribution in [2.45, 2.75) is 12.2 Å². The van der Waals surface area contributed by atoms with Crippen LogP contribution in [0.3, 0.4) is 0 Å². The van der Waals surface area contributed by atoms with Gasteiger partial charge in [-0.15, -0.1) is 5.10 Å². The molecule has 0 unspecified atom stereocenters. The number of carbonyl (C=O) groups excluding carboxylic acids is 1. The van der Waals surface area contributed by atoms with Crippen molar-refractivity contribution in [3.63, 3.8) is 0 Å². The zero-order chi connectivity index (χ0) is 12.3. The van der Waals surface area contributed by atoms with Crippen LogP contribution in [0, 0.1) is 0 Å². The highest BCUT2D eigenvalue weighted by Gasteiger charge is 2.25. The van der Waals surface area contributed by atoms with Crippen LogP contribution in [0.15, 0.2) is 34.5 Å². The first-order chi connectivity index (χ1) is 8.15. The van der Waals surface area contributed by atoms with Crippen LogP contribution in [0.1, 0.15) is 12.5 Å². The van der Waals surface area contributed by atoms with Crippen LogP contribution in [0.4, 0.5) is 0 Å². The van der Waals surface area contributed by atoms with Gasteiger partial charge in [-0.05, 0) is 24.6 Å². The van der Waals surface area contributed by atoms with Crippen molar-refractivity contribution in [2.24, 2.45) is 10.2 Å². The summed E-state index contributed by atoms with van der Waals surface area (Å²) in [5.41, 5.74) is 0.904. The lowest BCUT2D eigenvalue weighted by atomic mass is 10.2. The number of nitrogens with one attached hydrogen (secondary N) is 1. The van der Waals surface area contributed by atoms with Gasteiger partial charge < -0.3 is 5.32 Å². The Morgan fingerprint density at radius 1 is 1.41 bits per heavy atom. The van der Waals surface area contributed by atoms with E-state index in [-0.39, 0.29) is 11.2 Å². The van der Waals surface area contributed by atoms with Gasteiger partial charge in [0.1, 0.15) is 0 Å².